The third-order valence-corrected chi connectivity index (χ3v) is 9.06. The zero-order chi connectivity index (χ0) is 42.3. The van der Waals surface area contributed by atoms with Crippen LogP contribution >= 0.6 is 7.82 Å². The van der Waals surface area contributed by atoms with Gasteiger partial charge in [-0.05, 0) is 83.1 Å². The van der Waals surface area contributed by atoms with Crippen LogP contribution < -0.4 is 0 Å². The highest BCUT2D eigenvalue weighted by atomic mass is 31.2. The highest BCUT2D eigenvalue weighted by molar-refractivity contribution is 7.47. The Bertz CT molecular complexity index is 1350. The van der Waals surface area contributed by atoms with Crippen molar-refractivity contribution < 1.29 is 46.8 Å². The third kappa shape index (κ3) is 40.6. The molecule has 0 saturated heterocycles. The second kappa shape index (κ2) is 36.9. The van der Waals surface area contributed by atoms with E-state index in [2.05, 4.69) is 74.6 Å². The van der Waals surface area contributed by atoms with E-state index in [1.54, 1.807) is 12.2 Å². The number of carbonyl (C=O) groups excluding carboxylic acids is 3. The summed E-state index contributed by atoms with van der Waals surface area (Å²) in [6.07, 6.45) is 44.5. The molecule has 0 aliphatic heterocycles. The zero-order valence-corrected chi connectivity index (χ0v) is 36.7. The SMILES string of the molecule is CC/C=C\C/C=C\C/C=C\C/C=C\CCCCC(=O)OC[C@H](COP(=O)(O)OCC[N+](C)(C)C)OC(=O)CCC/C=C\C/C=C\C/C=C\C=C\C(=O)CCCCC. The lowest BCUT2D eigenvalue weighted by atomic mass is 10.1. The van der Waals surface area contributed by atoms with Gasteiger partial charge in [-0.2, -0.15) is 0 Å². The van der Waals surface area contributed by atoms with Gasteiger partial charge in [-0.1, -0.05) is 118 Å². The van der Waals surface area contributed by atoms with E-state index in [0.29, 0.717) is 36.7 Å². The van der Waals surface area contributed by atoms with Gasteiger partial charge in [0.05, 0.1) is 27.7 Å². The molecule has 0 aliphatic carbocycles. The summed E-state index contributed by atoms with van der Waals surface area (Å²) in [5, 5.41) is 0. The molecular weight excluding hydrogens is 741 g/mol. The smallest absolute Gasteiger partial charge is 0.462 e. The average molecular weight is 817 g/mol. The Kier molecular flexibility index (Phi) is 34.7. The van der Waals surface area contributed by atoms with Crippen molar-refractivity contribution in [3.63, 3.8) is 0 Å². The standard InChI is InChI=1S/C46H74NO9P/c1-6-8-10-11-12-13-14-15-16-17-20-23-26-29-33-37-45(49)53-41-44(42-55-57(51,52)54-40-39-47(3,4)5)56-46(50)38-34-30-27-24-21-18-19-22-25-28-32-36-43(48)35-31-9-7-2/h8,10,12-13,15-16,18-20,23-25,27-28,32,36,44H,6-7,9,11,14,17,21-22,26,29-31,33-35,37-42H2,1-5H3/p+1/b10-8-,13-12-,16-15-,19-18-,23-20-,27-24-,28-25-,36-32+/t44-/m1/s1. The molecule has 0 saturated carbocycles. The van der Waals surface area contributed by atoms with Crippen molar-refractivity contribution in [1.82, 2.24) is 0 Å². The van der Waals surface area contributed by atoms with Crippen molar-refractivity contribution in [2.75, 3.05) is 47.5 Å². The second-order valence-corrected chi connectivity index (χ2v) is 16.1. The monoisotopic (exact) mass is 817 g/mol. The van der Waals surface area contributed by atoms with E-state index in [1.165, 1.54) is 0 Å². The largest absolute Gasteiger partial charge is 0.472 e. The molecule has 11 heteroatoms. The minimum Gasteiger partial charge on any atom is -0.462 e. The highest BCUT2D eigenvalue weighted by Gasteiger charge is 2.27. The number of unbranched alkanes of at least 4 members (excludes halogenated alkanes) is 5. The van der Waals surface area contributed by atoms with Gasteiger partial charge in [-0.15, -0.1) is 0 Å². The van der Waals surface area contributed by atoms with Crippen LogP contribution in [0.4, 0.5) is 0 Å². The summed E-state index contributed by atoms with van der Waals surface area (Å²) in [6, 6.07) is 0. The molecule has 0 aromatic rings. The Hall–Kier alpha value is -3.40. The van der Waals surface area contributed by atoms with E-state index in [1.807, 2.05) is 45.4 Å². The molecule has 57 heavy (non-hydrogen) atoms. The fraction of sp³-hybridized carbons (Fsp3) is 0.587. The Balaban J connectivity index is 4.63. The third-order valence-electron chi connectivity index (χ3n) is 8.07. The van der Waals surface area contributed by atoms with Gasteiger partial charge >= 0.3 is 19.8 Å². The maximum atomic E-state index is 12.6. The molecule has 2 atom stereocenters. The number of esters is 2. The number of carbonyl (C=O) groups is 3. The molecule has 0 aromatic heterocycles. The van der Waals surface area contributed by atoms with Crippen LogP contribution in [-0.2, 0) is 37.5 Å². The molecule has 0 fully saturated rings. The molecule has 1 unspecified atom stereocenters. The molecule has 0 aromatic carbocycles. The van der Waals surface area contributed by atoms with Crippen LogP contribution in [0.5, 0.6) is 0 Å². The topological polar surface area (TPSA) is 125 Å². The van der Waals surface area contributed by atoms with Gasteiger partial charge in [0.25, 0.3) is 0 Å². The number of phosphoric acid groups is 1. The minimum atomic E-state index is -4.42. The highest BCUT2D eigenvalue weighted by Crippen LogP contribution is 2.43. The van der Waals surface area contributed by atoms with E-state index in [-0.39, 0.29) is 31.8 Å². The Morgan fingerprint density at radius 2 is 1.16 bits per heavy atom. The number of ether oxygens (including phenoxy) is 2. The second-order valence-electron chi connectivity index (χ2n) is 14.7. The Morgan fingerprint density at radius 3 is 1.75 bits per heavy atom. The van der Waals surface area contributed by atoms with Crippen molar-refractivity contribution >= 4 is 25.5 Å². The van der Waals surface area contributed by atoms with Crippen LogP contribution in [0, 0.1) is 0 Å². The van der Waals surface area contributed by atoms with Crippen molar-refractivity contribution in [1.29, 1.82) is 0 Å². The summed E-state index contributed by atoms with van der Waals surface area (Å²) in [5.41, 5.74) is 0. The first-order valence-corrected chi connectivity index (χ1v) is 22.4. The molecule has 0 amide bonds. The molecule has 0 bridgehead atoms. The number of quaternary nitrogens is 1. The van der Waals surface area contributed by atoms with Gasteiger partial charge in [0, 0.05) is 19.3 Å². The molecule has 0 radical (unpaired) electrons. The van der Waals surface area contributed by atoms with Crippen LogP contribution in [0.3, 0.4) is 0 Å². The number of hydrogen-bond donors (Lipinski definition) is 1. The summed E-state index contributed by atoms with van der Waals surface area (Å²) >= 11 is 0. The summed E-state index contributed by atoms with van der Waals surface area (Å²) in [6.45, 7) is 3.97. The zero-order valence-electron chi connectivity index (χ0n) is 35.8. The fourth-order valence-corrected chi connectivity index (χ4v) is 5.51. The van der Waals surface area contributed by atoms with E-state index in [4.69, 9.17) is 18.5 Å². The average Bonchev–Trinajstić information content (AvgIpc) is 3.15. The van der Waals surface area contributed by atoms with Crippen LogP contribution in [0.15, 0.2) is 97.2 Å². The van der Waals surface area contributed by atoms with E-state index in [9.17, 15) is 23.8 Å². The molecule has 322 valence electrons. The lowest BCUT2D eigenvalue weighted by Crippen LogP contribution is -2.37. The van der Waals surface area contributed by atoms with Gasteiger partial charge in [-0.25, -0.2) is 4.57 Å². The maximum Gasteiger partial charge on any atom is 0.472 e. The normalized spacial score (nSPS) is 14.5. The van der Waals surface area contributed by atoms with Crippen molar-refractivity contribution in [3.8, 4) is 0 Å². The van der Waals surface area contributed by atoms with Crippen molar-refractivity contribution in [2.24, 2.45) is 0 Å². The first-order valence-electron chi connectivity index (χ1n) is 20.9. The number of nitrogens with zero attached hydrogens (tertiary/aromatic N) is 1. The molecule has 0 spiro atoms. The molecule has 0 aliphatic rings. The number of rotatable bonds is 36. The number of hydrogen-bond acceptors (Lipinski definition) is 8. The number of allylic oxidation sites excluding steroid dienone is 16. The maximum absolute atomic E-state index is 12.6. The molecule has 0 heterocycles. The minimum absolute atomic E-state index is 0.00192. The van der Waals surface area contributed by atoms with Gasteiger partial charge in [0.15, 0.2) is 11.9 Å². The molecule has 10 nitrogen and oxygen atoms in total. The van der Waals surface area contributed by atoms with Crippen LogP contribution in [0.2, 0.25) is 0 Å². The quantitative estimate of drug-likeness (QED) is 0.0125. The summed E-state index contributed by atoms with van der Waals surface area (Å²) < 4.78 is 34.1. The summed E-state index contributed by atoms with van der Waals surface area (Å²) in [5.74, 6) is -0.796. The predicted octanol–water partition coefficient (Wildman–Crippen LogP) is 11.0. The first kappa shape index (κ1) is 53.6. The lowest BCUT2D eigenvalue weighted by Gasteiger charge is -2.24. The van der Waals surface area contributed by atoms with E-state index in [0.717, 1.165) is 70.6 Å². The fourth-order valence-electron chi connectivity index (χ4n) is 4.77. The Morgan fingerprint density at radius 1 is 0.614 bits per heavy atom. The van der Waals surface area contributed by atoms with Crippen LogP contribution in [0.1, 0.15) is 123 Å². The first-order chi connectivity index (χ1) is 27.4. The van der Waals surface area contributed by atoms with Gasteiger partial charge in [0.2, 0.25) is 0 Å². The van der Waals surface area contributed by atoms with E-state index >= 15 is 0 Å². The number of phosphoric ester groups is 1. The van der Waals surface area contributed by atoms with Crippen LogP contribution in [-0.4, -0.2) is 80.7 Å². The molecule has 0 rings (SSSR count). The van der Waals surface area contributed by atoms with Crippen LogP contribution in [0.25, 0.3) is 0 Å². The summed E-state index contributed by atoms with van der Waals surface area (Å²) in [7, 11) is 1.36. The number of likely N-dealkylation sites (N-methyl/N-ethyl adjacent to an activating group) is 1. The van der Waals surface area contributed by atoms with Crippen molar-refractivity contribution in [2.45, 2.75) is 129 Å². The van der Waals surface area contributed by atoms with Crippen molar-refractivity contribution in [3.05, 3.63) is 97.2 Å². The Labute approximate surface area is 345 Å². The van der Waals surface area contributed by atoms with E-state index < -0.39 is 32.5 Å². The van der Waals surface area contributed by atoms with Gasteiger partial charge < -0.3 is 18.9 Å². The molecular formula is C46H75NO9P+. The van der Waals surface area contributed by atoms with Gasteiger partial charge in [0.1, 0.15) is 19.8 Å². The summed E-state index contributed by atoms with van der Waals surface area (Å²) in [4.78, 5) is 47.0. The molecule has 1 N–H and O–H groups in total. The predicted molar refractivity (Wildman–Crippen MR) is 233 cm³/mol. The lowest BCUT2D eigenvalue weighted by molar-refractivity contribution is -0.870. The van der Waals surface area contributed by atoms with Gasteiger partial charge in [-0.3, -0.25) is 23.4 Å². The number of ketones is 1.